The van der Waals surface area contributed by atoms with E-state index in [9.17, 15) is 9.59 Å². The predicted molar refractivity (Wildman–Crippen MR) is 102 cm³/mol. The molecule has 1 aliphatic carbocycles. The first-order valence-electron chi connectivity index (χ1n) is 8.52. The lowest BCUT2D eigenvalue weighted by atomic mass is 10.1. The maximum Gasteiger partial charge on any atom is 0.227 e. The lowest BCUT2D eigenvalue weighted by molar-refractivity contribution is -0.126. The molecule has 2 fully saturated rings. The van der Waals surface area contributed by atoms with Crippen LogP contribution in [-0.4, -0.2) is 33.1 Å². The van der Waals surface area contributed by atoms with E-state index in [4.69, 9.17) is 12.2 Å². The number of hydrogen-bond acceptors (Lipinski definition) is 4. The van der Waals surface area contributed by atoms with Gasteiger partial charge in [0.1, 0.15) is 0 Å². The van der Waals surface area contributed by atoms with E-state index in [1.807, 2.05) is 28.8 Å². The zero-order valence-electron chi connectivity index (χ0n) is 13.9. The van der Waals surface area contributed by atoms with Gasteiger partial charge in [0.15, 0.2) is 10.6 Å². The van der Waals surface area contributed by atoms with E-state index < -0.39 is 0 Å². The molecule has 1 aliphatic heterocycles. The largest absolute Gasteiger partial charge is 0.348 e. The van der Waals surface area contributed by atoms with Crippen LogP contribution in [0.25, 0.3) is 0 Å². The topological polar surface area (TPSA) is 83.0 Å². The molecule has 0 radical (unpaired) electrons. The molecule has 26 heavy (non-hydrogen) atoms. The van der Waals surface area contributed by atoms with Crippen molar-refractivity contribution in [3.8, 4) is 0 Å². The van der Waals surface area contributed by atoms with Crippen LogP contribution < -0.4 is 10.2 Å². The molecular formula is C17H18BrN5O2S. The van der Waals surface area contributed by atoms with Crippen LogP contribution in [0, 0.1) is 10.7 Å². The number of benzene rings is 1. The van der Waals surface area contributed by atoms with Gasteiger partial charge in [-0.3, -0.25) is 19.3 Å². The van der Waals surface area contributed by atoms with Crippen LogP contribution in [0.5, 0.6) is 0 Å². The Labute approximate surface area is 163 Å². The molecule has 1 aromatic carbocycles. The summed E-state index contributed by atoms with van der Waals surface area (Å²) in [6, 6.07) is 7.93. The Morgan fingerprint density at radius 1 is 1.42 bits per heavy atom. The Balaban J connectivity index is 1.40. The Morgan fingerprint density at radius 2 is 2.23 bits per heavy atom. The molecule has 1 aromatic heterocycles. The summed E-state index contributed by atoms with van der Waals surface area (Å²) in [5.41, 5.74) is 0.800. The molecule has 1 saturated carbocycles. The van der Waals surface area contributed by atoms with Crippen molar-refractivity contribution < 1.29 is 9.59 Å². The first kappa shape index (κ1) is 17.4. The molecule has 0 spiro atoms. The van der Waals surface area contributed by atoms with Crippen LogP contribution in [-0.2, 0) is 16.1 Å². The highest BCUT2D eigenvalue weighted by atomic mass is 79.9. The summed E-state index contributed by atoms with van der Waals surface area (Å²) in [5.74, 6) is 0.202. The van der Waals surface area contributed by atoms with Crippen molar-refractivity contribution in [1.82, 2.24) is 20.1 Å². The summed E-state index contributed by atoms with van der Waals surface area (Å²) < 4.78 is 3.47. The number of aromatic nitrogens is 3. The summed E-state index contributed by atoms with van der Waals surface area (Å²) >= 11 is 8.66. The van der Waals surface area contributed by atoms with Crippen LogP contribution in [0.3, 0.4) is 0 Å². The number of hydrogen-bond donors (Lipinski definition) is 2. The molecule has 2 amide bonds. The van der Waals surface area contributed by atoms with Crippen molar-refractivity contribution >= 4 is 45.6 Å². The highest BCUT2D eigenvalue weighted by Gasteiger charge is 2.35. The summed E-state index contributed by atoms with van der Waals surface area (Å²) in [6.45, 7) is 0.695. The second kappa shape index (κ2) is 6.96. The fraction of sp³-hybridized carbons (Fsp3) is 0.412. The van der Waals surface area contributed by atoms with Gasteiger partial charge in [0, 0.05) is 29.2 Å². The molecular weight excluding hydrogens is 418 g/mol. The Morgan fingerprint density at radius 3 is 2.96 bits per heavy atom. The van der Waals surface area contributed by atoms with Crippen molar-refractivity contribution in [2.24, 2.45) is 5.92 Å². The zero-order chi connectivity index (χ0) is 18.3. The molecule has 2 N–H and O–H groups in total. The van der Waals surface area contributed by atoms with E-state index in [1.54, 1.807) is 4.90 Å². The Bertz CT molecular complexity index is 920. The van der Waals surface area contributed by atoms with Gasteiger partial charge in [-0.25, -0.2) is 0 Å². The van der Waals surface area contributed by atoms with E-state index in [0.717, 1.165) is 28.8 Å². The van der Waals surface area contributed by atoms with E-state index in [0.29, 0.717) is 23.9 Å². The van der Waals surface area contributed by atoms with Crippen molar-refractivity contribution in [2.45, 2.75) is 31.8 Å². The molecule has 7 nitrogen and oxygen atoms in total. The number of carbonyl (C=O) groups excluding carboxylic acids is 2. The minimum Gasteiger partial charge on any atom is -0.348 e. The lowest BCUT2D eigenvalue weighted by Gasteiger charge is -2.17. The first-order valence-corrected chi connectivity index (χ1v) is 9.72. The highest BCUT2D eigenvalue weighted by molar-refractivity contribution is 9.10. The van der Waals surface area contributed by atoms with Gasteiger partial charge in [-0.05, 0) is 43.3 Å². The van der Waals surface area contributed by atoms with Crippen molar-refractivity contribution in [2.75, 3.05) is 11.4 Å². The van der Waals surface area contributed by atoms with Gasteiger partial charge in [-0.15, -0.1) is 0 Å². The SMILES string of the molecule is O=C(NCc1n[nH]c(=S)n1C1CC1)C1CC(=O)N(c2cccc(Br)c2)C1. The third-order valence-corrected chi connectivity index (χ3v) is 5.51. The van der Waals surface area contributed by atoms with Crippen molar-refractivity contribution in [3.05, 3.63) is 39.3 Å². The van der Waals surface area contributed by atoms with Gasteiger partial charge in [-0.1, -0.05) is 22.0 Å². The molecule has 2 aliphatic rings. The van der Waals surface area contributed by atoms with Crippen molar-refractivity contribution in [3.63, 3.8) is 0 Å². The molecule has 1 saturated heterocycles. The molecule has 1 unspecified atom stereocenters. The predicted octanol–water partition coefficient (Wildman–Crippen LogP) is 2.71. The van der Waals surface area contributed by atoms with E-state index in [-0.39, 0.29) is 24.2 Å². The quantitative estimate of drug-likeness (QED) is 0.707. The summed E-state index contributed by atoms with van der Waals surface area (Å²) in [4.78, 5) is 26.5. The number of anilines is 1. The van der Waals surface area contributed by atoms with Crippen LogP contribution in [0.4, 0.5) is 5.69 Å². The summed E-state index contributed by atoms with van der Waals surface area (Å²) in [5, 5.41) is 9.91. The second-order valence-electron chi connectivity index (χ2n) is 6.65. The number of nitrogens with zero attached hydrogens (tertiary/aromatic N) is 3. The zero-order valence-corrected chi connectivity index (χ0v) is 16.3. The van der Waals surface area contributed by atoms with Crippen LogP contribution in [0.1, 0.15) is 31.1 Å². The third-order valence-electron chi connectivity index (χ3n) is 4.73. The summed E-state index contributed by atoms with van der Waals surface area (Å²) in [7, 11) is 0. The fourth-order valence-electron chi connectivity index (χ4n) is 3.26. The molecule has 136 valence electrons. The molecule has 4 rings (SSSR count). The number of aromatic amines is 1. The molecule has 2 heterocycles. The number of halogens is 1. The Kier molecular flexibility index (Phi) is 4.66. The molecule has 9 heteroatoms. The normalized spacial score (nSPS) is 19.8. The van der Waals surface area contributed by atoms with E-state index in [1.165, 1.54) is 0 Å². The van der Waals surface area contributed by atoms with Crippen LogP contribution in [0.15, 0.2) is 28.7 Å². The van der Waals surface area contributed by atoms with Gasteiger partial charge in [0.05, 0.1) is 12.5 Å². The number of H-pyrrole nitrogens is 1. The van der Waals surface area contributed by atoms with Gasteiger partial charge in [-0.2, -0.15) is 5.10 Å². The second-order valence-corrected chi connectivity index (χ2v) is 7.95. The average molecular weight is 436 g/mol. The first-order chi connectivity index (χ1) is 12.5. The van der Waals surface area contributed by atoms with Gasteiger partial charge in [0.2, 0.25) is 11.8 Å². The fourth-order valence-corrected chi connectivity index (χ4v) is 3.95. The maximum atomic E-state index is 12.5. The van der Waals surface area contributed by atoms with Gasteiger partial charge < -0.3 is 10.2 Å². The van der Waals surface area contributed by atoms with E-state index in [2.05, 4.69) is 31.4 Å². The Hall–Kier alpha value is -2.00. The molecule has 2 aromatic rings. The van der Waals surface area contributed by atoms with E-state index >= 15 is 0 Å². The smallest absolute Gasteiger partial charge is 0.227 e. The number of carbonyl (C=O) groups is 2. The highest BCUT2D eigenvalue weighted by Crippen LogP contribution is 2.35. The van der Waals surface area contributed by atoms with Crippen LogP contribution >= 0.6 is 28.1 Å². The monoisotopic (exact) mass is 435 g/mol. The van der Waals surface area contributed by atoms with Crippen LogP contribution in [0.2, 0.25) is 0 Å². The van der Waals surface area contributed by atoms with Crippen molar-refractivity contribution in [1.29, 1.82) is 0 Å². The minimum atomic E-state index is -0.363. The number of nitrogens with one attached hydrogen (secondary N) is 2. The lowest BCUT2D eigenvalue weighted by Crippen LogP contribution is -2.33. The average Bonchev–Trinajstić information content (AvgIpc) is 3.27. The third kappa shape index (κ3) is 3.45. The molecule has 0 bridgehead atoms. The number of rotatable bonds is 5. The summed E-state index contributed by atoms with van der Waals surface area (Å²) in [6.07, 6.45) is 2.40. The van der Waals surface area contributed by atoms with Gasteiger partial charge >= 0.3 is 0 Å². The maximum absolute atomic E-state index is 12.5. The molecule has 1 atom stereocenters. The standard InChI is InChI=1S/C17H18BrN5O2S/c18-11-2-1-3-13(7-11)22-9-10(6-15(22)24)16(25)19-8-14-20-21-17(26)23(14)12-4-5-12/h1-3,7,10,12H,4-6,8-9H2,(H,19,25)(H,21,26). The minimum absolute atomic E-state index is 0.0380. The number of amides is 2. The van der Waals surface area contributed by atoms with Gasteiger partial charge in [0.25, 0.3) is 0 Å².